The smallest absolute Gasteiger partial charge is 0.216 e. The molecule has 6 heteroatoms. The molecule has 0 unspecified atom stereocenters. The van der Waals surface area contributed by atoms with Crippen LogP contribution < -0.4 is 5.32 Å². The highest BCUT2D eigenvalue weighted by atomic mass is 16.1. The van der Waals surface area contributed by atoms with Gasteiger partial charge in [-0.3, -0.25) is 9.59 Å². The van der Waals surface area contributed by atoms with Crippen LogP contribution in [0.3, 0.4) is 0 Å². The minimum atomic E-state index is -0.0881. The molecule has 0 spiro atoms. The lowest BCUT2D eigenvalue weighted by Gasteiger charge is -2.03. The van der Waals surface area contributed by atoms with Crippen LogP contribution in [0.2, 0.25) is 0 Å². The summed E-state index contributed by atoms with van der Waals surface area (Å²) in [4.78, 5) is 25.1. The number of benzene rings is 1. The van der Waals surface area contributed by atoms with Crippen LogP contribution in [0.4, 0.5) is 0 Å². The van der Waals surface area contributed by atoms with Gasteiger partial charge in [-0.1, -0.05) is 35.3 Å². The maximum atomic E-state index is 11.8. The number of azide groups is 1. The Labute approximate surface area is 857 Å². The van der Waals surface area contributed by atoms with E-state index in [2.05, 4.69) is 755 Å². The molecule has 146 heavy (non-hydrogen) atoms. The highest BCUT2D eigenvalue weighted by Crippen LogP contribution is 2.09. The molecule has 0 saturated heterocycles. The summed E-state index contributed by atoms with van der Waals surface area (Å²) in [5.41, 5.74) is 9.70. The van der Waals surface area contributed by atoms with Crippen molar-refractivity contribution in [2.45, 2.75) is 33.2 Å². The zero-order chi connectivity index (χ0) is 104. The molecule has 6 nitrogen and oxygen atoms in total. The van der Waals surface area contributed by atoms with Crippen LogP contribution in [-0.4, -0.2) is 18.2 Å². The Kier molecular flexibility index (Phi) is 85.2. The topological polar surface area (TPSA) is 94.9 Å². The van der Waals surface area contributed by atoms with Gasteiger partial charge in [-0.2, -0.15) is 0 Å². The van der Waals surface area contributed by atoms with Gasteiger partial charge in [0.1, 0.15) is 0 Å². The molecule has 0 aliphatic heterocycles. The fourth-order valence-electron chi connectivity index (χ4n) is 5.45. The number of Topliss-reactive ketones (excluding diaryl/α,β-unsaturated/α-hetero) is 1. The second kappa shape index (κ2) is 107. The molecular formula is C140H20N4O2. The number of carbonyl (C=O) groups is 2. The van der Waals surface area contributed by atoms with Crippen LogP contribution in [-0.2, 0) is 11.3 Å². The minimum Gasteiger partial charge on any atom is -0.356 e. The highest BCUT2D eigenvalue weighted by molar-refractivity contribution is 5.96. The molecule has 1 amide bonds. The third kappa shape index (κ3) is 103. The number of nitrogens with one attached hydrogen (secondary N) is 1. The summed E-state index contributed by atoms with van der Waals surface area (Å²) in [6, 6.07) is 7.00. The van der Waals surface area contributed by atoms with E-state index in [1.165, 1.54) is 6.92 Å². The average Bonchev–Trinajstić information content (AvgIpc) is 0.886. The Morgan fingerprint density at radius 1 is 0.219 bits per heavy atom. The van der Waals surface area contributed by atoms with Crippen molar-refractivity contribution in [1.29, 1.82) is 0 Å². The number of ketones is 1. The van der Waals surface area contributed by atoms with Crippen LogP contribution in [0.1, 0.15) is 42.6 Å². The minimum absolute atomic E-state index is 0.0423. The Bertz CT molecular complexity index is 9860. The Balaban J connectivity index is 0.00000983. The summed E-state index contributed by atoms with van der Waals surface area (Å²) in [5.74, 6) is 312. The van der Waals surface area contributed by atoms with Gasteiger partial charge in [0.2, 0.25) is 5.91 Å². The van der Waals surface area contributed by atoms with Crippen molar-refractivity contribution >= 4 is 11.7 Å². The molecule has 0 saturated carbocycles. The molecule has 1 aromatic carbocycles. The number of amides is 1. The molecule has 1 N–H and O–H groups in total. The highest BCUT2D eigenvalue weighted by Gasteiger charge is 2.05. The molecule has 0 heterocycles. The summed E-state index contributed by atoms with van der Waals surface area (Å²) in [6.07, 6.45) is 5.98. The second-order valence-electron chi connectivity index (χ2n) is 19.9. The molecule has 0 aliphatic rings. The fourth-order valence-corrected chi connectivity index (χ4v) is 5.45. The molecule has 0 radical (unpaired) electrons. The second-order valence-corrected chi connectivity index (χ2v) is 19.9. The average molecular weight is 1790 g/mol. The normalized spacial score (nSPS) is 4.69. The van der Waals surface area contributed by atoms with Gasteiger partial charge >= 0.3 is 0 Å². The van der Waals surface area contributed by atoms with Crippen molar-refractivity contribution in [3.05, 3.63) is 45.8 Å². The largest absolute Gasteiger partial charge is 0.356 e. The molecule has 0 bridgehead atoms. The molecule has 1 aromatic rings. The summed E-state index contributed by atoms with van der Waals surface area (Å²) >= 11 is 0. The predicted molar refractivity (Wildman–Crippen MR) is 568 cm³/mol. The van der Waals surface area contributed by atoms with Gasteiger partial charge in [0.05, 0.1) is 6.54 Å². The van der Waals surface area contributed by atoms with Gasteiger partial charge in [0.15, 0.2) is 5.78 Å². The van der Waals surface area contributed by atoms with Crippen LogP contribution in [0.15, 0.2) is 29.4 Å². The van der Waals surface area contributed by atoms with Crippen LogP contribution in [0.25, 0.3) is 10.4 Å². The fraction of sp³-hybridized carbons (Fsp3) is 0.0429. The zero-order valence-corrected chi connectivity index (χ0v) is 74.9. The SMILES string of the molecule is C#CC#CC#CC#CC#CC#CC#CC#CC#CC#CC#CC#CC#CC#CC#CC#CC#CC#CC#CC#CC#CC#CC#CC#CC#CC#CC#CC#CC#CC#CC#CC#CC#CC#CC#CC#CC#CC#CC#CC#CC#CC#CC#CC#CC#CC#CC#CC#CC#CC#CC#CC#CC#CC#CC#CC#CC#CC#CC#CC#CC#CC#CC#CC.CC(=O)NCCCC(=O)c1ccc(CN=[N+]=[N-])cc1. The number of terminal acetylenes is 1. The molecule has 0 fully saturated rings. The number of rotatable bonds is 7. The number of hydrogen-bond acceptors (Lipinski definition) is 3. The third-order valence-electron chi connectivity index (χ3n) is 10.4. The van der Waals surface area contributed by atoms with Gasteiger partial charge in [0, 0.05) is 670 Å². The van der Waals surface area contributed by atoms with Crippen molar-refractivity contribution in [1.82, 2.24) is 5.32 Å². The van der Waals surface area contributed by atoms with Crippen molar-refractivity contribution in [3.63, 3.8) is 0 Å². The molecule has 612 valence electrons. The van der Waals surface area contributed by atoms with E-state index in [4.69, 9.17) is 12.0 Å². The van der Waals surface area contributed by atoms with E-state index in [1.54, 1.807) is 31.2 Å². The molecule has 0 atom stereocenters. The van der Waals surface area contributed by atoms with E-state index in [0.29, 0.717) is 24.9 Å². The molecule has 0 aromatic heterocycles. The van der Waals surface area contributed by atoms with Gasteiger partial charge in [-0.25, -0.2) is 0 Å². The summed E-state index contributed by atoms with van der Waals surface area (Å²) in [6.45, 7) is 3.93. The van der Waals surface area contributed by atoms with Crippen LogP contribution >= 0.6 is 0 Å². The lowest BCUT2D eigenvalue weighted by molar-refractivity contribution is -0.118. The van der Waals surface area contributed by atoms with Gasteiger partial charge in [-0.15, -0.1) is 6.42 Å². The van der Waals surface area contributed by atoms with E-state index in [0.717, 1.165) is 5.56 Å². The summed E-state index contributed by atoms with van der Waals surface area (Å²) in [7, 11) is 0. The van der Waals surface area contributed by atoms with Gasteiger partial charge in [0.25, 0.3) is 0 Å². The van der Waals surface area contributed by atoms with Crippen LogP contribution in [0, 0.1) is 746 Å². The summed E-state index contributed by atoms with van der Waals surface area (Å²) in [5, 5.41) is 6.10. The molecular weight excluding hydrogens is 1770 g/mol. The van der Waals surface area contributed by atoms with Crippen LogP contribution in [0.5, 0.6) is 0 Å². The third-order valence-corrected chi connectivity index (χ3v) is 10.4. The van der Waals surface area contributed by atoms with E-state index in [1.807, 2.05) is 0 Å². The van der Waals surface area contributed by atoms with E-state index in [9.17, 15) is 9.59 Å². The number of carbonyl (C=O) groups excluding carboxylic acids is 2. The Morgan fingerprint density at radius 2 is 0.342 bits per heavy atom. The monoisotopic (exact) mass is 1790 g/mol. The predicted octanol–water partition coefficient (Wildman–Crippen LogP) is 3.45. The maximum absolute atomic E-state index is 11.8. The van der Waals surface area contributed by atoms with E-state index < -0.39 is 0 Å². The lowest BCUT2D eigenvalue weighted by atomic mass is 10.0. The number of hydrogen-bond donors (Lipinski definition) is 1. The Hall–Kier alpha value is -30.0. The summed E-state index contributed by atoms with van der Waals surface area (Å²) < 4.78 is 0. The lowest BCUT2D eigenvalue weighted by Crippen LogP contribution is -2.21. The first-order valence-corrected chi connectivity index (χ1v) is 37.8. The van der Waals surface area contributed by atoms with Gasteiger partial charge in [-0.05, 0) is 119 Å². The van der Waals surface area contributed by atoms with Crippen molar-refractivity contribution in [2.75, 3.05) is 6.54 Å². The maximum Gasteiger partial charge on any atom is 0.216 e. The quantitative estimate of drug-likeness (QED) is 0.113. The van der Waals surface area contributed by atoms with E-state index >= 15 is 0 Å². The molecule has 1 rings (SSSR count). The van der Waals surface area contributed by atoms with Crippen molar-refractivity contribution in [3.8, 4) is 746 Å². The Morgan fingerprint density at radius 3 is 0.452 bits per heavy atom. The first-order valence-electron chi connectivity index (χ1n) is 37.8. The first-order chi connectivity index (χ1) is 72.5. The zero-order valence-electron chi connectivity index (χ0n) is 74.9. The standard InChI is InChI=1S/C127H4.C13H16N4O2/c1-3-5-7-9-11-13-15-17-19-21-23-25-27-29-31-33-35-37-39-41-43-45-47-49-51-53-55-57-59-61-63-65-67-69-71-73-75-77-79-81-83-85-87-89-91-93-95-97-99-101-103-105-107-109-111-113-115-117-119-121-123-125-127-126-124-122-120-118-116-114-112-110-108-106-104-102-100-98-96-94-92-90-88-86-84-82-80-78-76-74-72-70-68-66-64-62-60-58-56-54-52-50-48-46-44-42-40-38-36-34-32-30-28-26-24-22-20-18-16-14-12-10-8-6-4-2;1-10(18)15-8-2-3-13(19)12-6-4-11(5-7-12)9-16-17-14/h1H,2H3;4-7H,2-3,8-9H2,1H3,(H,15,18). The number of nitrogens with zero attached hydrogens (tertiary/aromatic N) is 3. The molecule has 0 aliphatic carbocycles. The van der Waals surface area contributed by atoms with Gasteiger partial charge < -0.3 is 5.32 Å². The van der Waals surface area contributed by atoms with Crippen molar-refractivity contribution in [2.24, 2.45) is 5.11 Å². The van der Waals surface area contributed by atoms with E-state index in [-0.39, 0.29) is 18.2 Å². The first kappa shape index (κ1) is 116. The van der Waals surface area contributed by atoms with Crippen molar-refractivity contribution < 1.29 is 9.59 Å².